The summed E-state index contributed by atoms with van der Waals surface area (Å²) in [6.07, 6.45) is 4.92. The van der Waals surface area contributed by atoms with Crippen LogP contribution in [0.1, 0.15) is 36.9 Å². The highest BCUT2D eigenvalue weighted by molar-refractivity contribution is 5.59. The average Bonchev–Trinajstić information content (AvgIpc) is 3.34. The Morgan fingerprint density at radius 1 is 0.903 bits per heavy atom. The summed E-state index contributed by atoms with van der Waals surface area (Å²) in [7, 11) is 0. The van der Waals surface area contributed by atoms with Gasteiger partial charge in [-0.3, -0.25) is 19.2 Å². The number of rotatable bonds is 4. The highest BCUT2D eigenvalue weighted by Gasteiger charge is 2.32. The Kier molecular flexibility index (Phi) is 5.24. The number of anilines is 2. The Bertz CT molecular complexity index is 1120. The normalized spacial score (nSPS) is 17.0. The van der Waals surface area contributed by atoms with Gasteiger partial charge in [0.25, 0.3) is 5.56 Å². The van der Waals surface area contributed by atoms with E-state index in [2.05, 4.69) is 9.80 Å². The molecule has 2 aromatic carbocycles. The summed E-state index contributed by atoms with van der Waals surface area (Å²) in [5, 5.41) is 0. The van der Waals surface area contributed by atoms with E-state index >= 15 is 0 Å². The van der Waals surface area contributed by atoms with Crippen molar-refractivity contribution in [2.45, 2.75) is 52.2 Å². The lowest BCUT2D eigenvalue weighted by molar-refractivity contribution is 0.138. The van der Waals surface area contributed by atoms with Crippen LogP contribution in [-0.4, -0.2) is 27.2 Å². The van der Waals surface area contributed by atoms with E-state index < -0.39 is 0 Å². The fraction of sp³-hybridized carbons (Fsp3) is 0.360. The van der Waals surface area contributed by atoms with Gasteiger partial charge in [-0.2, -0.15) is 0 Å². The molecule has 1 saturated carbocycles. The third-order valence-corrected chi connectivity index (χ3v) is 6.47. The molecule has 2 aliphatic rings. The second-order valence-electron chi connectivity index (χ2n) is 8.50. The predicted molar refractivity (Wildman–Crippen MR) is 122 cm³/mol. The molecule has 6 nitrogen and oxygen atoms in total. The zero-order valence-electron chi connectivity index (χ0n) is 18.1. The van der Waals surface area contributed by atoms with Crippen LogP contribution in [0.2, 0.25) is 0 Å². The maximum Gasteiger partial charge on any atom is 0.259 e. The van der Waals surface area contributed by atoms with Gasteiger partial charge in [-0.15, -0.1) is 0 Å². The van der Waals surface area contributed by atoms with Crippen molar-refractivity contribution in [1.29, 1.82) is 0 Å². The number of nitrogens with zero attached hydrogens (tertiary/aromatic N) is 4. The molecule has 0 spiro atoms. The summed E-state index contributed by atoms with van der Waals surface area (Å²) in [4.78, 5) is 22.5. The number of hydrogen-bond acceptors (Lipinski definition) is 5. The van der Waals surface area contributed by atoms with Gasteiger partial charge < -0.3 is 4.74 Å². The first-order valence-corrected chi connectivity index (χ1v) is 11.0. The summed E-state index contributed by atoms with van der Waals surface area (Å²) >= 11 is 0. The van der Waals surface area contributed by atoms with Gasteiger partial charge in [0.2, 0.25) is 5.95 Å². The van der Waals surface area contributed by atoms with Crippen LogP contribution in [0.25, 0.3) is 0 Å². The number of aromatic nitrogens is 2. The van der Waals surface area contributed by atoms with Crippen LogP contribution in [0.5, 0.6) is 11.5 Å². The fourth-order valence-corrected chi connectivity index (χ4v) is 4.56. The van der Waals surface area contributed by atoms with Crippen molar-refractivity contribution >= 4 is 11.6 Å². The van der Waals surface area contributed by atoms with Crippen LogP contribution >= 0.6 is 0 Å². The highest BCUT2D eigenvalue weighted by Crippen LogP contribution is 2.33. The van der Waals surface area contributed by atoms with Gasteiger partial charge in [0.1, 0.15) is 11.5 Å². The van der Waals surface area contributed by atoms with Crippen molar-refractivity contribution in [3.63, 3.8) is 0 Å². The number of para-hydroxylation sites is 1. The lowest BCUT2D eigenvalue weighted by Crippen LogP contribution is -2.50. The van der Waals surface area contributed by atoms with Crippen LogP contribution in [0.4, 0.5) is 11.6 Å². The van der Waals surface area contributed by atoms with Gasteiger partial charge in [-0.1, -0.05) is 31.0 Å². The zero-order valence-corrected chi connectivity index (χ0v) is 18.1. The minimum absolute atomic E-state index is 0.0548. The molecule has 5 rings (SSSR count). The Balaban J connectivity index is 1.49. The van der Waals surface area contributed by atoms with Crippen LogP contribution in [-0.2, 0) is 6.67 Å². The van der Waals surface area contributed by atoms with Crippen LogP contribution < -0.4 is 15.2 Å². The number of benzene rings is 2. The maximum absolute atomic E-state index is 13.1. The van der Waals surface area contributed by atoms with E-state index in [1.807, 2.05) is 73.0 Å². The molecule has 1 aromatic heterocycles. The molecule has 0 N–H and O–H groups in total. The van der Waals surface area contributed by atoms with Crippen LogP contribution in [0.15, 0.2) is 59.4 Å². The molecule has 0 atom stereocenters. The quantitative estimate of drug-likeness (QED) is 0.601. The maximum atomic E-state index is 13.1. The highest BCUT2D eigenvalue weighted by atomic mass is 16.5. The fourth-order valence-electron chi connectivity index (χ4n) is 4.56. The third-order valence-electron chi connectivity index (χ3n) is 6.47. The van der Waals surface area contributed by atoms with E-state index in [4.69, 9.17) is 9.72 Å². The van der Waals surface area contributed by atoms with Crippen molar-refractivity contribution < 1.29 is 4.74 Å². The first-order chi connectivity index (χ1) is 15.1. The zero-order chi connectivity index (χ0) is 21.4. The van der Waals surface area contributed by atoms with Crippen molar-refractivity contribution in [3.8, 4) is 11.5 Å². The topological polar surface area (TPSA) is 50.6 Å². The monoisotopic (exact) mass is 416 g/mol. The molecule has 1 aliphatic carbocycles. The summed E-state index contributed by atoms with van der Waals surface area (Å²) in [5.74, 6) is 2.31. The molecular weight excluding hydrogens is 388 g/mol. The molecule has 0 amide bonds. The van der Waals surface area contributed by atoms with Gasteiger partial charge in [-0.25, -0.2) is 4.98 Å². The molecule has 31 heavy (non-hydrogen) atoms. The summed E-state index contributed by atoms with van der Waals surface area (Å²) in [6.45, 7) is 5.12. The minimum Gasteiger partial charge on any atom is -0.457 e. The molecule has 3 aromatic rings. The third kappa shape index (κ3) is 3.83. The van der Waals surface area contributed by atoms with E-state index in [-0.39, 0.29) is 5.56 Å². The Hall–Kier alpha value is -3.12. The molecule has 0 unspecified atom stereocenters. The van der Waals surface area contributed by atoms with Crippen molar-refractivity contribution in [1.82, 2.24) is 14.5 Å². The molecule has 6 heteroatoms. The number of fused-ring (bicyclic) bond motifs is 1. The molecule has 160 valence electrons. The van der Waals surface area contributed by atoms with E-state index in [0.717, 1.165) is 41.1 Å². The van der Waals surface area contributed by atoms with E-state index in [0.29, 0.717) is 12.7 Å². The average molecular weight is 417 g/mol. The van der Waals surface area contributed by atoms with Gasteiger partial charge in [-0.05, 0) is 63.1 Å². The lowest BCUT2D eigenvalue weighted by Gasteiger charge is -2.41. The van der Waals surface area contributed by atoms with Gasteiger partial charge in [0.05, 0.1) is 13.3 Å². The largest absolute Gasteiger partial charge is 0.457 e. The van der Waals surface area contributed by atoms with Crippen LogP contribution in [0, 0.1) is 13.8 Å². The number of ether oxygens (including phenoxy) is 1. The summed E-state index contributed by atoms with van der Waals surface area (Å²) < 4.78 is 7.78. The first kappa shape index (κ1) is 19.8. The predicted octanol–water partition coefficient (Wildman–Crippen LogP) is 4.96. The molecular formula is C25H28N4O2. The standard InChI is InChI=1S/C25H28N4O2/c1-18-19(2)26-25-28(16-27(17-29(25)24(18)30)20-8-6-7-9-20)21-12-14-23(15-13-21)31-22-10-4-3-5-11-22/h3-5,10-15,20H,6-9,16-17H2,1-2H3. The van der Waals surface area contributed by atoms with Crippen LogP contribution in [0.3, 0.4) is 0 Å². The van der Waals surface area contributed by atoms with E-state index in [1.54, 1.807) is 0 Å². The second kappa shape index (κ2) is 8.19. The number of hydrogen-bond donors (Lipinski definition) is 0. The Morgan fingerprint density at radius 2 is 1.58 bits per heavy atom. The van der Waals surface area contributed by atoms with Crippen molar-refractivity contribution in [2.75, 3.05) is 11.6 Å². The van der Waals surface area contributed by atoms with Crippen molar-refractivity contribution in [2.24, 2.45) is 0 Å². The summed E-state index contributed by atoms with van der Waals surface area (Å²) in [6, 6.07) is 18.3. The molecule has 0 bridgehead atoms. The van der Waals surface area contributed by atoms with E-state index in [1.165, 1.54) is 25.7 Å². The first-order valence-electron chi connectivity index (χ1n) is 11.0. The van der Waals surface area contributed by atoms with Gasteiger partial charge >= 0.3 is 0 Å². The SMILES string of the molecule is Cc1nc2n(c(=O)c1C)CN(C1CCCC1)CN2c1ccc(Oc2ccccc2)cc1. The molecule has 0 saturated heterocycles. The smallest absolute Gasteiger partial charge is 0.259 e. The molecule has 0 radical (unpaired) electrons. The molecule has 2 heterocycles. The van der Waals surface area contributed by atoms with Gasteiger partial charge in [0.15, 0.2) is 0 Å². The lowest BCUT2D eigenvalue weighted by atomic mass is 10.2. The Morgan fingerprint density at radius 3 is 2.29 bits per heavy atom. The molecule has 1 aliphatic heterocycles. The van der Waals surface area contributed by atoms with E-state index in [9.17, 15) is 4.79 Å². The Labute approximate surface area is 182 Å². The van der Waals surface area contributed by atoms with Gasteiger partial charge in [0, 0.05) is 23.0 Å². The molecule has 1 fully saturated rings. The minimum atomic E-state index is 0.0548. The summed E-state index contributed by atoms with van der Waals surface area (Å²) in [5.41, 5.74) is 2.58. The second-order valence-corrected chi connectivity index (χ2v) is 8.50. The van der Waals surface area contributed by atoms with Crippen molar-refractivity contribution in [3.05, 3.63) is 76.2 Å². The number of aryl methyl sites for hydroxylation is 1.